The zero-order chi connectivity index (χ0) is 21.6. The predicted molar refractivity (Wildman–Crippen MR) is 121 cm³/mol. The van der Waals surface area contributed by atoms with E-state index in [0.29, 0.717) is 30.3 Å². The van der Waals surface area contributed by atoms with Gasteiger partial charge in [-0.2, -0.15) is 0 Å². The molecule has 1 fully saturated rings. The van der Waals surface area contributed by atoms with Crippen molar-refractivity contribution >= 4 is 17.5 Å². The van der Waals surface area contributed by atoms with E-state index in [0.717, 1.165) is 23.3 Å². The largest absolute Gasteiger partial charge is 0.489 e. The third-order valence-corrected chi connectivity index (χ3v) is 5.43. The molecule has 4 rings (SSSR count). The van der Waals surface area contributed by atoms with Crippen LogP contribution in [0.1, 0.15) is 34.8 Å². The number of nitrogens with one attached hydrogen (secondary N) is 2. The number of amides is 2. The molecule has 0 spiro atoms. The summed E-state index contributed by atoms with van der Waals surface area (Å²) in [7, 11) is 0. The number of hydrogen-bond acceptors (Lipinski definition) is 3. The molecule has 1 aliphatic carbocycles. The molecule has 0 radical (unpaired) electrons. The van der Waals surface area contributed by atoms with Crippen LogP contribution in [0.4, 0.5) is 5.69 Å². The van der Waals surface area contributed by atoms with E-state index < -0.39 is 0 Å². The van der Waals surface area contributed by atoms with Gasteiger partial charge in [0.2, 0.25) is 5.91 Å². The fourth-order valence-corrected chi connectivity index (χ4v) is 3.46. The van der Waals surface area contributed by atoms with Crippen molar-refractivity contribution in [2.45, 2.75) is 26.5 Å². The van der Waals surface area contributed by atoms with Gasteiger partial charge in [-0.25, -0.2) is 0 Å². The van der Waals surface area contributed by atoms with Crippen molar-refractivity contribution in [3.63, 3.8) is 0 Å². The average Bonchev–Trinajstić information content (AvgIpc) is 3.54. The molecular weight excluding hydrogens is 388 g/mol. The lowest BCUT2D eigenvalue weighted by Crippen LogP contribution is -2.23. The molecule has 2 N–H and O–H groups in total. The zero-order valence-electron chi connectivity index (χ0n) is 17.5. The highest BCUT2D eigenvalue weighted by molar-refractivity contribution is 5.98. The number of carbonyl (C=O) groups excluding carboxylic acids is 2. The number of hydrogen-bond donors (Lipinski definition) is 2. The van der Waals surface area contributed by atoms with Gasteiger partial charge in [0.25, 0.3) is 5.91 Å². The van der Waals surface area contributed by atoms with E-state index in [2.05, 4.69) is 17.6 Å². The van der Waals surface area contributed by atoms with E-state index in [-0.39, 0.29) is 17.7 Å². The highest BCUT2D eigenvalue weighted by Gasteiger charge is 2.39. The van der Waals surface area contributed by atoms with Gasteiger partial charge in [-0.05, 0) is 53.8 Å². The maximum Gasteiger partial charge on any atom is 0.251 e. The molecule has 0 saturated heterocycles. The molecule has 1 aliphatic rings. The lowest BCUT2D eigenvalue weighted by atomic mass is 10.1. The summed E-state index contributed by atoms with van der Waals surface area (Å²) < 4.78 is 5.79. The van der Waals surface area contributed by atoms with Gasteiger partial charge in [-0.3, -0.25) is 9.59 Å². The van der Waals surface area contributed by atoms with Crippen molar-refractivity contribution in [2.75, 3.05) is 5.32 Å². The van der Waals surface area contributed by atoms with Crippen LogP contribution in [-0.4, -0.2) is 11.8 Å². The van der Waals surface area contributed by atoms with Crippen LogP contribution in [-0.2, 0) is 17.9 Å². The van der Waals surface area contributed by atoms with Crippen LogP contribution in [0.3, 0.4) is 0 Å². The van der Waals surface area contributed by atoms with Crippen molar-refractivity contribution in [2.24, 2.45) is 11.8 Å². The first kappa shape index (κ1) is 20.7. The van der Waals surface area contributed by atoms with Gasteiger partial charge < -0.3 is 15.4 Å². The Morgan fingerprint density at radius 2 is 1.68 bits per heavy atom. The molecule has 2 atom stereocenters. The average molecular weight is 415 g/mol. The second kappa shape index (κ2) is 9.47. The number of carbonyl (C=O) groups is 2. The van der Waals surface area contributed by atoms with Crippen LogP contribution < -0.4 is 15.4 Å². The Labute approximate surface area is 182 Å². The quantitative estimate of drug-likeness (QED) is 0.557. The Bertz CT molecular complexity index is 1070. The first-order valence-corrected chi connectivity index (χ1v) is 10.5. The lowest BCUT2D eigenvalue weighted by Gasteiger charge is -2.10. The fourth-order valence-electron chi connectivity index (χ4n) is 3.46. The molecule has 31 heavy (non-hydrogen) atoms. The fraction of sp³-hybridized carbons (Fsp3) is 0.231. The Kier molecular flexibility index (Phi) is 6.32. The van der Waals surface area contributed by atoms with E-state index in [1.807, 2.05) is 54.6 Å². The molecule has 0 heterocycles. The molecule has 5 nitrogen and oxygen atoms in total. The Morgan fingerprint density at radius 3 is 2.45 bits per heavy atom. The van der Waals surface area contributed by atoms with E-state index >= 15 is 0 Å². The molecule has 2 unspecified atom stereocenters. The summed E-state index contributed by atoms with van der Waals surface area (Å²) in [6, 6.07) is 24.7. The number of benzene rings is 3. The Hall–Kier alpha value is -3.60. The standard InChI is InChI=1S/C26H26N2O3/c1-18-13-24(18)26(30)28-22-10-6-9-21(15-22)25(29)27-16-19-7-5-8-20(14-19)17-31-23-11-3-2-4-12-23/h2-12,14-15,18,24H,13,16-17H2,1H3,(H,27,29)(H,28,30). The minimum absolute atomic E-state index is 0.0274. The Morgan fingerprint density at radius 1 is 0.935 bits per heavy atom. The van der Waals surface area contributed by atoms with Crippen molar-refractivity contribution in [1.29, 1.82) is 0 Å². The normalized spacial score (nSPS) is 16.9. The smallest absolute Gasteiger partial charge is 0.251 e. The third-order valence-electron chi connectivity index (χ3n) is 5.43. The van der Waals surface area contributed by atoms with Crippen LogP contribution in [0.2, 0.25) is 0 Å². The molecule has 5 heteroatoms. The monoisotopic (exact) mass is 414 g/mol. The molecule has 1 saturated carbocycles. The van der Waals surface area contributed by atoms with Crippen molar-refractivity contribution in [3.8, 4) is 5.75 Å². The molecule has 2 amide bonds. The molecule has 0 aliphatic heterocycles. The van der Waals surface area contributed by atoms with Crippen LogP contribution in [0.25, 0.3) is 0 Å². The first-order valence-electron chi connectivity index (χ1n) is 10.5. The number of anilines is 1. The molecule has 158 valence electrons. The van der Waals surface area contributed by atoms with Crippen molar-refractivity contribution in [1.82, 2.24) is 5.32 Å². The molecule has 0 aromatic heterocycles. The topological polar surface area (TPSA) is 67.4 Å². The maximum atomic E-state index is 12.6. The summed E-state index contributed by atoms with van der Waals surface area (Å²) in [5, 5.41) is 5.85. The van der Waals surface area contributed by atoms with Crippen LogP contribution in [0.15, 0.2) is 78.9 Å². The van der Waals surface area contributed by atoms with Gasteiger partial charge >= 0.3 is 0 Å². The SMILES string of the molecule is CC1CC1C(=O)Nc1cccc(C(=O)NCc2cccc(COc3ccccc3)c2)c1. The van der Waals surface area contributed by atoms with Gasteiger partial charge in [0, 0.05) is 23.7 Å². The lowest BCUT2D eigenvalue weighted by molar-refractivity contribution is -0.117. The Balaban J connectivity index is 1.31. The summed E-state index contributed by atoms with van der Waals surface area (Å²) in [4.78, 5) is 24.7. The molecule has 3 aromatic carbocycles. The van der Waals surface area contributed by atoms with E-state index in [1.54, 1.807) is 24.3 Å². The summed E-state index contributed by atoms with van der Waals surface area (Å²) in [6.07, 6.45) is 0.932. The predicted octanol–water partition coefficient (Wildman–Crippen LogP) is 4.79. The van der Waals surface area contributed by atoms with E-state index in [1.165, 1.54) is 0 Å². The highest BCUT2D eigenvalue weighted by atomic mass is 16.5. The molecule has 0 bridgehead atoms. The molecule has 3 aromatic rings. The van der Waals surface area contributed by atoms with Crippen LogP contribution in [0.5, 0.6) is 5.75 Å². The van der Waals surface area contributed by atoms with Gasteiger partial charge in [0.15, 0.2) is 0 Å². The summed E-state index contributed by atoms with van der Waals surface area (Å²) in [5.41, 5.74) is 3.20. The first-order chi connectivity index (χ1) is 15.1. The number of rotatable bonds is 8. The van der Waals surface area contributed by atoms with Gasteiger partial charge in [-0.1, -0.05) is 55.5 Å². The third kappa shape index (κ3) is 5.72. The maximum absolute atomic E-state index is 12.6. The second-order valence-electron chi connectivity index (χ2n) is 7.99. The minimum atomic E-state index is -0.179. The second-order valence-corrected chi connectivity index (χ2v) is 7.99. The summed E-state index contributed by atoms with van der Waals surface area (Å²) in [6.45, 7) is 2.94. The van der Waals surface area contributed by atoms with Crippen LogP contribution >= 0.6 is 0 Å². The number of ether oxygens (including phenoxy) is 1. The van der Waals surface area contributed by atoms with E-state index in [9.17, 15) is 9.59 Å². The summed E-state index contributed by atoms with van der Waals surface area (Å²) >= 11 is 0. The summed E-state index contributed by atoms with van der Waals surface area (Å²) in [5.74, 6) is 1.21. The zero-order valence-corrected chi connectivity index (χ0v) is 17.5. The van der Waals surface area contributed by atoms with E-state index in [4.69, 9.17) is 4.74 Å². The van der Waals surface area contributed by atoms with Crippen molar-refractivity contribution < 1.29 is 14.3 Å². The van der Waals surface area contributed by atoms with Gasteiger partial charge in [-0.15, -0.1) is 0 Å². The highest BCUT2D eigenvalue weighted by Crippen LogP contribution is 2.38. The van der Waals surface area contributed by atoms with Gasteiger partial charge in [0.1, 0.15) is 12.4 Å². The molecular formula is C26H26N2O3. The number of para-hydroxylation sites is 1. The van der Waals surface area contributed by atoms with Crippen molar-refractivity contribution in [3.05, 3.63) is 95.6 Å². The van der Waals surface area contributed by atoms with Gasteiger partial charge in [0.05, 0.1) is 0 Å². The van der Waals surface area contributed by atoms with Crippen LogP contribution in [0, 0.1) is 11.8 Å². The minimum Gasteiger partial charge on any atom is -0.489 e.